The smallest absolute Gasteiger partial charge is 0.227 e. The lowest BCUT2D eigenvalue weighted by atomic mass is 10.0. The number of aromatic nitrogens is 2. The van der Waals surface area contributed by atoms with Crippen molar-refractivity contribution in [2.75, 3.05) is 30.4 Å². The molecule has 5 heteroatoms. The van der Waals surface area contributed by atoms with Crippen LogP contribution in [-0.2, 0) is 11.2 Å². The summed E-state index contributed by atoms with van der Waals surface area (Å²) in [7, 11) is 3.88. The molecule has 2 aromatic rings. The van der Waals surface area contributed by atoms with Gasteiger partial charge in [0.15, 0.2) is 0 Å². The van der Waals surface area contributed by atoms with Gasteiger partial charge in [0, 0.05) is 44.1 Å². The predicted octanol–water partition coefficient (Wildman–Crippen LogP) is 2.45. The molecule has 0 N–H and O–H groups in total. The minimum atomic E-state index is 0.194. The Labute approximate surface area is 137 Å². The summed E-state index contributed by atoms with van der Waals surface area (Å²) in [5.41, 5.74) is 2.95. The largest absolute Gasteiger partial charge is 0.347 e. The average molecular weight is 310 g/mol. The molecule has 1 aliphatic rings. The molecular weight excluding hydrogens is 288 g/mol. The number of carbonyl (C=O) groups is 1. The highest BCUT2D eigenvalue weighted by atomic mass is 16.2. The molecule has 0 aliphatic carbocycles. The second-order valence-electron chi connectivity index (χ2n) is 6.31. The third-order valence-electron chi connectivity index (χ3n) is 4.07. The van der Waals surface area contributed by atoms with Crippen molar-refractivity contribution in [2.24, 2.45) is 5.92 Å². The van der Waals surface area contributed by atoms with E-state index in [0.717, 1.165) is 36.0 Å². The molecule has 2 heterocycles. The molecule has 0 bridgehead atoms. The average Bonchev–Trinajstić information content (AvgIpc) is 2.88. The molecule has 0 spiro atoms. The second-order valence-corrected chi connectivity index (χ2v) is 6.31. The number of aryl methyl sites for hydroxylation is 1. The van der Waals surface area contributed by atoms with Crippen molar-refractivity contribution in [1.82, 2.24) is 9.97 Å². The lowest BCUT2D eigenvalue weighted by Gasteiger charge is -2.17. The van der Waals surface area contributed by atoms with E-state index >= 15 is 0 Å². The van der Waals surface area contributed by atoms with E-state index < -0.39 is 0 Å². The highest BCUT2D eigenvalue weighted by Gasteiger charge is 2.30. The van der Waals surface area contributed by atoms with Gasteiger partial charge in [0.1, 0.15) is 0 Å². The van der Waals surface area contributed by atoms with Crippen molar-refractivity contribution in [3.8, 4) is 0 Å². The first-order valence-electron chi connectivity index (χ1n) is 7.90. The molecule has 1 fully saturated rings. The summed E-state index contributed by atoms with van der Waals surface area (Å²) in [5.74, 6) is 1.22. The maximum atomic E-state index is 12.3. The molecule has 3 rings (SSSR count). The van der Waals surface area contributed by atoms with E-state index in [0.29, 0.717) is 12.3 Å². The lowest BCUT2D eigenvalue weighted by molar-refractivity contribution is -0.117. The van der Waals surface area contributed by atoms with E-state index in [-0.39, 0.29) is 5.91 Å². The van der Waals surface area contributed by atoms with Crippen LogP contribution in [0.15, 0.2) is 36.4 Å². The number of nitrogens with zero attached hydrogens (tertiary/aromatic N) is 4. The summed E-state index contributed by atoms with van der Waals surface area (Å²) in [4.78, 5) is 25.1. The Morgan fingerprint density at radius 1 is 1.22 bits per heavy atom. The van der Waals surface area contributed by atoms with Crippen LogP contribution in [0.25, 0.3) is 0 Å². The number of rotatable bonds is 4. The molecule has 0 saturated carbocycles. The van der Waals surface area contributed by atoms with Gasteiger partial charge in [-0.05, 0) is 37.5 Å². The van der Waals surface area contributed by atoms with Gasteiger partial charge in [-0.3, -0.25) is 4.79 Å². The highest BCUT2D eigenvalue weighted by Crippen LogP contribution is 2.27. The zero-order valence-electron chi connectivity index (χ0n) is 13.9. The molecule has 23 heavy (non-hydrogen) atoms. The van der Waals surface area contributed by atoms with Crippen LogP contribution in [-0.4, -0.2) is 36.5 Å². The van der Waals surface area contributed by atoms with Gasteiger partial charge in [0.05, 0.1) is 0 Å². The Kier molecular flexibility index (Phi) is 4.28. The topological polar surface area (TPSA) is 49.3 Å². The van der Waals surface area contributed by atoms with Crippen molar-refractivity contribution in [3.05, 3.63) is 47.8 Å². The van der Waals surface area contributed by atoms with E-state index in [4.69, 9.17) is 0 Å². The van der Waals surface area contributed by atoms with Crippen molar-refractivity contribution < 1.29 is 4.79 Å². The number of para-hydroxylation sites is 1. The minimum Gasteiger partial charge on any atom is -0.347 e. The number of carbonyl (C=O) groups excluding carboxylic acids is 1. The summed E-state index contributed by atoms with van der Waals surface area (Å²) < 4.78 is 0. The fraction of sp³-hybridized carbons (Fsp3) is 0.389. The van der Waals surface area contributed by atoms with Crippen LogP contribution in [0, 0.1) is 12.8 Å². The molecule has 1 aromatic carbocycles. The molecule has 120 valence electrons. The molecule has 0 unspecified atom stereocenters. The van der Waals surface area contributed by atoms with Crippen LogP contribution in [0.1, 0.15) is 17.8 Å². The number of benzene rings is 1. The van der Waals surface area contributed by atoms with Gasteiger partial charge < -0.3 is 9.80 Å². The van der Waals surface area contributed by atoms with Crippen molar-refractivity contribution in [2.45, 2.75) is 19.8 Å². The Morgan fingerprint density at radius 3 is 2.65 bits per heavy atom. The fourth-order valence-electron chi connectivity index (χ4n) is 2.99. The van der Waals surface area contributed by atoms with Crippen molar-refractivity contribution in [3.63, 3.8) is 0 Å². The monoisotopic (exact) mass is 310 g/mol. The summed E-state index contributed by atoms with van der Waals surface area (Å²) in [6.45, 7) is 2.73. The van der Waals surface area contributed by atoms with Crippen LogP contribution in [0.5, 0.6) is 0 Å². The predicted molar refractivity (Wildman–Crippen MR) is 91.7 cm³/mol. The quantitative estimate of drug-likeness (QED) is 0.870. The van der Waals surface area contributed by atoms with Crippen molar-refractivity contribution >= 4 is 17.5 Å². The number of amides is 1. The summed E-state index contributed by atoms with van der Waals surface area (Å²) in [6.07, 6.45) is 1.38. The third kappa shape index (κ3) is 3.50. The molecular formula is C18H22N4O. The van der Waals surface area contributed by atoms with Gasteiger partial charge in [-0.15, -0.1) is 0 Å². The fourth-order valence-corrected chi connectivity index (χ4v) is 2.99. The minimum absolute atomic E-state index is 0.194. The zero-order chi connectivity index (χ0) is 16.4. The Hall–Kier alpha value is -2.43. The van der Waals surface area contributed by atoms with E-state index in [1.54, 1.807) is 0 Å². The lowest BCUT2D eigenvalue weighted by Crippen LogP contribution is -2.24. The van der Waals surface area contributed by atoms with Crippen LogP contribution in [0.4, 0.5) is 11.6 Å². The Balaban J connectivity index is 1.74. The van der Waals surface area contributed by atoms with Gasteiger partial charge in [0.25, 0.3) is 0 Å². The number of hydrogen-bond acceptors (Lipinski definition) is 4. The van der Waals surface area contributed by atoms with Gasteiger partial charge in [-0.2, -0.15) is 0 Å². The van der Waals surface area contributed by atoms with E-state index in [1.165, 1.54) is 0 Å². The number of anilines is 2. The molecule has 1 amide bonds. The van der Waals surface area contributed by atoms with E-state index in [2.05, 4.69) is 9.97 Å². The number of hydrogen-bond donors (Lipinski definition) is 0. The first kappa shape index (κ1) is 15.5. The molecule has 5 nitrogen and oxygen atoms in total. The second kappa shape index (κ2) is 6.36. The SMILES string of the molecule is Cc1cc(C[C@H]2CC(=O)N(c3ccccc3)C2)nc(N(C)C)n1. The van der Waals surface area contributed by atoms with E-state index in [1.807, 2.05) is 67.2 Å². The molecule has 1 saturated heterocycles. The van der Waals surface area contributed by atoms with Crippen LogP contribution >= 0.6 is 0 Å². The molecule has 1 aliphatic heterocycles. The third-order valence-corrected chi connectivity index (χ3v) is 4.07. The summed E-state index contributed by atoms with van der Waals surface area (Å²) in [6, 6.07) is 11.9. The maximum absolute atomic E-state index is 12.3. The van der Waals surface area contributed by atoms with Gasteiger partial charge in [-0.1, -0.05) is 18.2 Å². The normalized spacial score (nSPS) is 17.6. The van der Waals surface area contributed by atoms with Crippen LogP contribution in [0.2, 0.25) is 0 Å². The van der Waals surface area contributed by atoms with Crippen molar-refractivity contribution in [1.29, 1.82) is 0 Å². The standard InChI is InChI=1S/C18H22N4O/c1-13-9-15(20-18(19-13)21(2)3)10-14-11-17(23)22(12-14)16-7-5-4-6-8-16/h4-9,14H,10-12H2,1-3H3/t14-/m0/s1. The van der Waals surface area contributed by atoms with Gasteiger partial charge in [-0.25, -0.2) is 9.97 Å². The maximum Gasteiger partial charge on any atom is 0.227 e. The first-order valence-corrected chi connectivity index (χ1v) is 7.90. The van der Waals surface area contributed by atoms with Crippen LogP contribution in [0.3, 0.4) is 0 Å². The summed E-state index contributed by atoms with van der Waals surface area (Å²) in [5, 5.41) is 0. The van der Waals surface area contributed by atoms with Gasteiger partial charge >= 0.3 is 0 Å². The molecule has 1 aromatic heterocycles. The Morgan fingerprint density at radius 2 is 1.96 bits per heavy atom. The highest BCUT2D eigenvalue weighted by molar-refractivity contribution is 5.95. The molecule has 0 radical (unpaired) electrons. The van der Waals surface area contributed by atoms with E-state index in [9.17, 15) is 4.79 Å². The zero-order valence-corrected chi connectivity index (χ0v) is 13.9. The first-order chi connectivity index (χ1) is 11.0. The molecule has 1 atom stereocenters. The summed E-state index contributed by atoms with van der Waals surface area (Å²) >= 11 is 0. The van der Waals surface area contributed by atoms with Crippen LogP contribution < -0.4 is 9.80 Å². The van der Waals surface area contributed by atoms with Gasteiger partial charge in [0.2, 0.25) is 11.9 Å². The Bertz CT molecular complexity index is 699.